The molecular formula is C18H14BrF2N5. The normalized spacial score (nSPS) is 11.3. The SMILES string of the molecule is FCCn1c(-c2cncc(Cn3cncc3F)c2)nc2ccc(Br)cc21. The summed E-state index contributed by atoms with van der Waals surface area (Å²) in [6.45, 7) is 0.00254. The number of rotatable bonds is 5. The lowest BCUT2D eigenvalue weighted by Gasteiger charge is -2.09. The van der Waals surface area contributed by atoms with Crippen molar-refractivity contribution in [3.05, 3.63) is 65.2 Å². The molecule has 3 aromatic heterocycles. The second-order valence-corrected chi connectivity index (χ2v) is 6.75. The summed E-state index contributed by atoms with van der Waals surface area (Å²) in [4.78, 5) is 12.7. The van der Waals surface area contributed by atoms with Gasteiger partial charge in [-0.15, -0.1) is 0 Å². The molecule has 0 N–H and O–H groups in total. The Morgan fingerprint density at radius 3 is 2.73 bits per heavy atom. The van der Waals surface area contributed by atoms with Crippen LogP contribution in [-0.2, 0) is 13.1 Å². The standard InChI is InChI=1S/C18H14BrF2N5/c19-14-1-2-15-16(6-14)26(4-3-20)18(24-15)13-5-12(7-22-8-13)10-25-11-23-9-17(25)21/h1-2,5-9,11H,3-4,10H2. The van der Waals surface area contributed by atoms with Gasteiger partial charge >= 0.3 is 0 Å². The highest BCUT2D eigenvalue weighted by atomic mass is 79.9. The van der Waals surface area contributed by atoms with Gasteiger partial charge in [-0.1, -0.05) is 15.9 Å². The number of fused-ring (bicyclic) bond motifs is 1. The van der Waals surface area contributed by atoms with Crippen LogP contribution in [0.4, 0.5) is 8.78 Å². The summed E-state index contributed by atoms with van der Waals surface area (Å²) < 4.78 is 30.9. The summed E-state index contributed by atoms with van der Waals surface area (Å²) in [5.74, 6) is 0.223. The molecule has 5 nitrogen and oxygen atoms in total. The van der Waals surface area contributed by atoms with Crippen molar-refractivity contribution in [2.24, 2.45) is 0 Å². The molecule has 0 aliphatic rings. The van der Waals surface area contributed by atoms with E-state index in [1.165, 1.54) is 10.9 Å². The minimum atomic E-state index is -0.502. The van der Waals surface area contributed by atoms with Gasteiger partial charge in [0.2, 0.25) is 5.95 Å². The fraction of sp³-hybridized carbons (Fsp3) is 0.167. The molecule has 0 spiro atoms. The van der Waals surface area contributed by atoms with Crippen molar-refractivity contribution in [1.29, 1.82) is 0 Å². The number of benzene rings is 1. The summed E-state index contributed by atoms with van der Waals surface area (Å²) in [6, 6.07) is 7.59. The van der Waals surface area contributed by atoms with Gasteiger partial charge in [0.05, 0.1) is 36.6 Å². The Labute approximate surface area is 156 Å². The predicted octanol–water partition coefficient (Wildman–Crippen LogP) is 4.21. The van der Waals surface area contributed by atoms with E-state index in [2.05, 4.69) is 30.9 Å². The van der Waals surface area contributed by atoms with Crippen LogP contribution in [0.2, 0.25) is 0 Å². The van der Waals surface area contributed by atoms with E-state index in [-0.39, 0.29) is 6.54 Å². The molecule has 0 fully saturated rings. The molecule has 0 amide bonds. The van der Waals surface area contributed by atoms with E-state index < -0.39 is 12.6 Å². The van der Waals surface area contributed by atoms with Crippen molar-refractivity contribution in [2.45, 2.75) is 13.1 Å². The quantitative estimate of drug-likeness (QED) is 0.488. The summed E-state index contributed by atoms with van der Waals surface area (Å²) in [7, 11) is 0. The van der Waals surface area contributed by atoms with Crippen LogP contribution in [0.1, 0.15) is 5.56 Å². The third-order valence-electron chi connectivity index (χ3n) is 4.09. The molecule has 0 saturated carbocycles. The van der Waals surface area contributed by atoms with Crippen LogP contribution in [0.5, 0.6) is 0 Å². The van der Waals surface area contributed by atoms with Gasteiger partial charge in [0, 0.05) is 22.4 Å². The molecule has 8 heteroatoms. The minimum absolute atomic E-state index is 0.197. The molecule has 132 valence electrons. The van der Waals surface area contributed by atoms with E-state index in [0.717, 1.165) is 32.8 Å². The number of pyridine rings is 1. The van der Waals surface area contributed by atoms with Crippen LogP contribution in [0.15, 0.2) is 53.7 Å². The Hall–Kier alpha value is -2.61. The van der Waals surface area contributed by atoms with Gasteiger partial charge in [-0.05, 0) is 29.8 Å². The number of aromatic nitrogens is 5. The summed E-state index contributed by atoms with van der Waals surface area (Å²) in [6.07, 6.45) is 5.94. The molecule has 4 rings (SSSR count). The van der Waals surface area contributed by atoms with Gasteiger partial charge in [-0.3, -0.25) is 4.98 Å². The predicted molar refractivity (Wildman–Crippen MR) is 97.9 cm³/mol. The summed E-state index contributed by atoms with van der Waals surface area (Å²) in [5.41, 5.74) is 3.18. The zero-order valence-corrected chi connectivity index (χ0v) is 15.2. The first-order valence-electron chi connectivity index (χ1n) is 7.97. The lowest BCUT2D eigenvalue weighted by Crippen LogP contribution is -2.04. The van der Waals surface area contributed by atoms with Gasteiger partial charge in [-0.2, -0.15) is 4.39 Å². The van der Waals surface area contributed by atoms with Gasteiger partial charge in [0.1, 0.15) is 12.5 Å². The van der Waals surface area contributed by atoms with E-state index >= 15 is 0 Å². The maximum Gasteiger partial charge on any atom is 0.213 e. The average molecular weight is 418 g/mol. The molecule has 4 aromatic rings. The number of hydrogen-bond donors (Lipinski definition) is 0. The Bertz CT molecular complexity index is 1070. The fourth-order valence-corrected chi connectivity index (χ4v) is 3.29. The van der Waals surface area contributed by atoms with E-state index in [0.29, 0.717) is 12.4 Å². The molecule has 0 radical (unpaired) electrons. The van der Waals surface area contributed by atoms with Crippen LogP contribution < -0.4 is 0 Å². The van der Waals surface area contributed by atoms with Crippen LogP contribution in [0, 0.1) is 5.95 Å². The molecule has 26 heavy (non-hydrogen) atoms. The Morgan fingerprint density at radius 1 is 1.08 bits per heavy atom. The minimum Gasteiger partial charge on any atom is -0.321 e. The van der Waals surface area contributed by atoms with Crippen LogP contribution >= 0.6 is 15.9 Å². The number of hydrogen-bond acceptors (Lipinski definition) is 3. The van der Waals surface area contributed by atoms with Gasteiger partial charge in [0.25, 0.3) is 0 Å². The maximum absolute atomic E-state index is 13.6. The molecular weight excluding hydrogens is 404 g/mol. The number of halogens is 3. The molecule has 0 saturated heterocycles. The number of nitrogens with zero attached hydrogens (tertiary/aromatic N) is 5. The molecule has 0 atom stereocenters. The zero-order chi connectivity index (χ0) is 18.1. The second-order valence-electron chi connectivity index (χ2n) is 5.84. The van der Waals surface area contributed by atoms with Crippen molar-refractivity contribution in [2.75, 3.05) is 6.67 Å². The largest absolute Gasteiger partial charge is 0.321 e. The molecule has 3 heterocycles. The van der Waals surface area contributed by atoms with Crippen molar-refractivity contribution in [3.63, 3.8) is 0 Å². The first-order chi connectivity index (χ1) is 12.7. The highest BCUT2D eigenvalue weighted by molar-refractivity contribution is 9.10. The zero-order valence-electron chi connectivity index (χ0n) is 13.6. The third kappa shape index (κ3) is 3.12. The topological polar surface area (TPSA) is 48.5 Å². The molecule has 0 aliphatic heterocycles. The summed E-state index contributed by atoms with van der Waals surface area (Å²) >= 11 is 3.44. The number of aryl methyl sites for hydroxylation is 1. The molecule has 0 aliphatic carbocycles. The molecule has 0 unspecified atom stereocenters. The van der Waals surface area contributed by atoms with Crippen molar-refractivity contribution >= 4 is 27.0 Å². The lowest BCUT2D eigenvalue weighted by molar-refractivity contribution is 0.451. The third-order valence-corrected chi connectivity index (χ3v) is 4.58. The maximum atomic E-state index is 13.6. The van der Waals surface area contributed by atoms with E-state index in [9.17, 15) is 8.78 Å². The molecule has 0 bridgehead atoms. The van der Waals surface area contributed by atoms with Crippen LogP contribution in [-0.4, -0.2) is 30.8 Å². The second kappa shape index (κ2) is 6.95. The highest BCUT2D eigenvalue weighted by Crippen LogP contribution is 2.27. The Kier molecular flexibility index (Phi) is 4.50. The number of imidazole rings is 2. The Morgan fingerprint density at radius 2 is 1.96 bits per heavy atom. The van der Waals surface area contributed by atoms with Crippen molar-refractivity contribution < 1.29 is 8.78 Å². The van der Waals surface area contributed by atoms with Gasteiger partial charge in [-0.25, -0.2) is 14.4 Å². The number of alkyl halides is 1. The van der Waals surface area contributed by atoms with E-state index in [1.54, 1.807) is 12.4 Å². The van der Waals surface area contributed by atoms with Crippen molar-refractivity contribution in [3.8, 4) is 11.4 Å². The van der Waals surface area contributed by atoms with Crippen molar-refractivity contribution in [1.82, 2.24) is 24.1 Å². The smallest absolute Gasteiger partial charge is 0.213 e. The van der Waals surface area contributed by atoms with Crippen LogP contribution in [0.25, 0.3) is 22.4 Å². The first-order valence-corrected chi connectivity index (χ1v) is 8.76. The average Bonchev–Trinajstić information content (AvgIpc) is 3.20. The highest BCUT2D eigenvalue weighted by Gasteiger charge is 2.14. The van der Waals surface area contributed by atoms with Gasteiger partial charge < -0.3 is 9.13 Å². The van der Waals surface area contributed by atoms with E-state index in [1.807, 2.05) is 28.8 Å². The molecule has 1 aromatic carbocycles. The fourth-order valence-electron chi connectivity index (χ4n) is 2.94. The summed E-state index contributed by atoms with van der Waals surface area (Å²) in [5, 5.41) is 0. The van der Waals surface area contributed by atoms with Gasteiger partial charge in [0.15, 0.2) is 0 Å². The lowest BCUT2D eigenvalue weighted by atomic mass is 10.2. The Balaban J connectivity index is 1.78. The first kappa shape index (κ1) is 16.8. The van der Waals surface area contributed by atoms with E-state index in [4.69, 9.17) is 0 Å². The monoisotopic (exact) mass is 417 g/mol. The van der Waals surface area contributed by atoms with Crippen LogP contribution in [0.3, 0.4) is 0 Å².